The van der Waals surface area contributed by atoms with Crippen LogP contribution in [0.3, 0.4) is 0 Å². The summed E-state index contributed by atoms with van der Waals surface area (Å²) in [4.78, 5) is 2.55. The maximum absolute atomic E-state index is 9.18. The van der Waals surface area contributed by atoms with Gasteiger partial charge >= 0.3 is 0 Å². The number of hydrogen-bond acceptors (Lipinski definition) is 7. The van der Waals surface area contributed by atoms with Gasteiger partial charge in [-0.15, -0.1) is 11.3 Å². The molecule has 0 radical (unpaired) electrons. The first-order valence-electron chi connectivity index (χ1n) is 6.76. The second-order valence-corrected chi connectivity index (χ2v) is 5.73. The minimum absolute atomic E-state index is 0.0149. The van der Waals surface area contributed by atoms with Crippen LogP contribution in [0.1, 0.15) is 18.7 Å². The standard InChI is InChI=1S/C14H23N3O3S/c1-10(2)20-13-12(16)11(9-15)21-14(13)17(5-7-18-3)6-8-19-4/h10H,5-8,16H2,1-4H3. The van der Waals surface area contributed by atoms with Crippen molar-refractivity contribution in [1.82, 2.24) is 0 Å². The number of hydrogen-bond donors (Lipinski definition) is 1. The number of rotatable bonds is 9. The molecule has 1 aromatic rings. The summed E-state index contributed by atoms with van der Waals surface area (Å²) in [5.74, 6) is 0.582. The third kappa shape index (κ3) is 4.77. The highest BCUT2D eigenvalue weighted by Crippen LogP contribution is 2.45. The maximum Gasteiger partial charge on any atom is 0.178 e. The third-order valence-corrected chi connectivity index (χ3v) is 3.91. The lowest BCUT2D eigenvalue weighted by molar-refractivity contribution is 0.189. The van der Waals surface area contributed by atoms with E-state index < -0.39 is 0 Å². The summed E-state index contributed by atoms with van der Waals surface area (Å²) >= 11 is 1.34. The Balaban J connectivity index is 3.11. The zero-order chi connectivity index (χ0) is 15.8. The molecular weight excluding hydrogens is 290 g/mol. The van der Waals surface area contributed by atoms with Gasteiger partial charge < -0.3 is 24.8 Å². The number of nitrogens with two attached hydrogens (primary N) is 1. The van der Waals surface area contributed by atoms with E-state index in [4.69, 9.17) is 19.9 Å². The topological polar surface area (TPSA) is 80.7 Å². The molecule has 118 valence electrons. The Labute approximate surface area is 130 Å². The van der Waals surface area contributed by atoms with Crippen molar-refractivity contribution in [3.8, 4) is 11.8 Å². The van der Waals surface area contributed by atoms with Crippen molar-refractivity contribution in [1.29, 1.82) is 5.26 Å². The van der Waals surface area contributed by atoms with Gasteiger partial charge in [0.2, 0.25) is 0 Å². The molecule has 0 spiro atoms. The van der Waals surface area contributed by atoms with Crippen LogP contribution in [0.4, 0.5) is 10.7 Å². The summed E-state index contributed by atoms with van der Waals surface area (Å²) in [6, 6.07) is 2.12. The van der Waals surface area contributed by atoms with Crippen LogP contribution in [0, 0.1) is 11.3 Å². The van der Waals surface area contributed by atoms with E-state index in [9.17, 15) is 5.26 Å². The van der Waals surface area contributed by atoms with Crippen molar-refractivity contribution >= 4 is 22.0 Å². The Hall–Kier alpha value is -1.49. The Bertz CT molecular complexity index is 475. The van der Waals surface area contributed by atoms with Crippen molar-refractivity contribution in [3.63, 3.8) is 0 Å². The molecule has 0 aromatic carbocycles. The molecule has 1 heterocycles. The fourth-order valence-corrected chi connectivity index (χ4v) is 2.78. The van der Waals surface area contributed by atoms with Gasteiger partial charge in [-0.1, -0.05) is 0 Å². The molecule has 0 amide bonds. The second-order valence-electron chi connectivity index (χ2n) is 4.73. The van der Waals surface area contributed by atoms with Crippen molar-refractivity contribution in [3.05, 3.63) is 4.88 Å². The minimum Gasteiger partial charge on any atom is -0.486 e. The first-order valence-corrected chi connectivity index (χ1v) is 7.58. The molecule has 0 aliphatic rings. The number of nitriles is 1. The quantitative estimate of drug-likeness (QED) is 0.752. The molecule has 2 N–H and O–H groups in total. The van der Waals surface area contributed by atoms with Crippen LogP contribution < -0.4 is 15.4 Å². The molecule has 0 saturated carbocycles. The summed E-state index contributed by atoms with van der Waals surface area (Å²) in [5.41, 5.74) is 6.44. The van der Waals surface area contributed by atoms with E-state index in [1.165, 1.54) is 11.3 Å². The highest BCUT2D eigenvalue weighted by molar-refractivity contribution is 7.17. The molecule has 0 unspecified atom stereocenters. The average Bonchev–Trinajstić information content (AvgIpc) is 2.76. The molecule has 0 atom stereocenters. The first kappa shape index (κ1) is 17.6. The number of thiophene rings is 1. The predicted molar refractivity (Wildman–Crippen MR) is 85.2 cm³/mol. The molecule has 6 nitrogen and oxygen atoms in total. The average molecular weight is 313 g/mol. The van der Waals surface area contributed by atoms with E-state index in [0.717, 1.165) is 5.00 Å². The second kappa shape index (κ2) is 8.72. The molecule has 0 aliphatic carbocycles. The van der Waals surface area contributed by atoms with Crippen molar-refractivity contribution in [2.24, 2.45) is 0 Å². The lowest BCUT2D eigenvalue weighted by atomic mass is 10.3. The van der Waals surface area contributed by atoms with E-state index in [-0.39, 0.29) is 6.10 Å². The van der Waals surface area contributed by atoms with E-state index in [1.807, 2.05) is 13.8 Å². The van der Waals surface area contributed by atoms with E-state index >= 15 is 0 Å². The van der Waals surface area contributed by atoms with Gasteiger partial charge in [0.25, 0.3) is 0 Å². The molecule has 0 fully saturated rings. The van der Waals surface area contributed by atoms with Gasteiger partial charge in [0.1, 0.15) is 21.6 Å². The SMILES string of the molecule is COCCN(CCOC)c1sc(C#N)c(N)c1OC(C)C. The highest BCUT2D eigenvalue weighted by Gasteiger charge is 2.23. The van der Waals surface area contributed by atoms with E-state index in [0.29, 0.717) is 42.6 Å². The maximum atomic E-state index is 9.18. The summed E-state index contributed by atoms with van der Waals surface area (Å²) in [6.07, 6.45) is -0.0149. The lowest BCUT2D eigenvalue weighted by Crippen LogP contribution is -2.30. The lowest BCUT2D eigenvalue weighted by Gasteiger charge is -2.24. The Morgan fingerprint density at radius 3 is 2.24 bits per heavy atom. The largest absolute Gasteiger partial charge is 0.486 e. The number of nitrogens with zero attached hydrogens (tertiary/aromatic N) is 2. The summed E-state index contributed by atoms with van der Waals surface area (Å²) in [7, 11) is 3.31. The summed E-state index contributed by atoms with van der Waals surface area (Å²) in [6.45, 7) is 6.37. The van der Waals surface area contributed by atoms with Crippen LogP contribution >= 0.6 is 11.3 Å². The Morgan fingerprint density at radius 2 is 1.81 bits per heavy atom. The van der Waals surface area contributed by atoms with Gasteiger partial charge in [-0.05, 0) is 13.8 Å². The molecular formula is C14H23N3O3S. The molecule has 1 aromatic heterocycles. The van der Waals surface area contributed by atoms with Crippen LogP contribution in [0.5, 0.6) is 5.75 Å². The van der Waals surface area contributed by atoms with Crippen molar-refractivity contribution in [2.75, 3.05) is 51.2 Å². The fraction of sp³-hybridized carbons (Fsp3) is 0.643. The number of anilines is 2. The van der Waals surface area contributed by atoms with Gasteiger partial charge in [-0.25, -0.2) is 0 Å². The summed E-state index contributed by atoms with van der Waals surface area (Å²) < 4.78 is 16.1. The zero-order valence-corrected chi connectivity index (χ0v) is 13.8. The molecule has 7 heteroatoms. The normalized spacial score (nSPS) is 10.7. The molecule has 1 rings (SSSR count). The van der Waals surface area contributed by atoms with E-state index in [2.05, 4.69) is 11.0 Å². The number of nitrogen functional groups attached to an aromatic ring is 1. The van der Waals surface area contributed by atoms with Gasteiger partial charge in [-0.2, -0.15) is 5.26 Å². The van der Waals surface area contributed by atoms with Gasteiger partial charge in [0.05, 0.1) is 19.3 Å². The first-order chi connectivity index (χ1) is 10.0. The van der Waals surface area contributed by atoms with Gasteiger partial charge in [0.15, 0.2) is 5.75 Å². The van der Waals surface area contributed by atoms with Crippen LogP contribution in [-0.2, 0) is 9.47 Å². The number of methoxy groups -OCH3 is 2. The van der Waals surface area contributed by atoms with Crippen molar-refractivity contribution < 1.29 is 14.2 Å². The zero-order valence-electron chi connectivity index (χ0n) is 13.0. The predicted octanol–water partition coefficient (Wildman–Crippen LogP) is 2.09. The summed E-state index contributed by atoms with van der Waals surface area (Å²) in [5, 5.41) is 10.0. The van der Waals surface area contributed by atoms with Crippen LogP contribution in [0.2, 0.25) is 0 Å². The molecule has 0 bridgehead atoms. The monoisotopic (exact) mass is 313 g/mol. The Kier molecular flexibility index (Phi) is 7.29. The molecule has 0 saturated heterocycles. The minimum atomic E-state index is -0.0149. The smallest absolute Gasteiger partial charge is 0.178 e. The fourth-order valence-electron chi connectivity index (χ4n) is 1.77. The van der Waals surface area contributed by atoms with Crippen LogP contribution in [0.25, 0.3) is 0 Å². The Morgan fingerprint density at radius 1 is 1.24 bits per heavy atom. The highest BCUT2D eigenvalue weighted by atomic mass is 32.1. The van der Waals surface area contributed by atoms with Crippen LogP contribution in [0.15, 0.2) is 0 Å². The van der Waals surface area contributed by atoms with E-state index in [1.54, 1.807) is 14.2 Å². The van der Waals surface area contributed by atoms with Crippen LogP contribution in [-0.4, -0.2) is 46.6 Å². The van der Waals surface area contributed by atoms with Gasteiger partial charge in [0, 0.05) is 27.3 Å². The third-order valence-electron chi connectivity index (χ3n) is 2.76. The van der Waals surface area contributed by atoms with Crippen molar-refractivity contribution in [2.45, 2.75) is 20.0 Å². The number of ether oxygens (including phenoxy) is 3. The van der Waals surface area contributed by atoms with Gasteiger partial charge in [-0.3, -0.25) is 0 Å². The molecule has 21 heavy (non-hydrogen) atoms. The molecule has 0 aliphatic heterocycles.